The second kappa shape index (κ2) is 8.73. The Balaban J connectivity index is 2.49. The molecule has 144 valence electrons. The number of amidine groups is 1. The van der Waals surface area contributed by atoms with E-state index in [0.717, 1.165) is 0 Å². The van der Waals surface area contributed by atoms with Gasteiger partial charge in [0, 0.05) is 6.08 Å². The second-order valence-electron chi connectivity index (χ2n) is 5.49. The lowest BCUT2D eigenvalue weighted by atomic mass is 10.1. The topological polar surface area (TPSA) is 110 Å². The quantitative estimate of drug-likeness (QED) is 0.231. The van der Waals surface area contributed by atoms with Gasteiger partial charge in [-0.05, 0) is 49.4 Å². The van der Waals surface area contributed by atoms with Crippen LogP contribution in [0.1, 0.15) is 24.3 Å². The van der Waals surface area contributed by atoms with Crippen molar-refractivity contribution in [3.05, 3.63) is 46.8 Å². The molecule has 6 nitrogen and oxygen atoms in total. The number of hydrogen-bond donors (Lipinski definition) is 2. The summed E-state index contributed by atoms with van der Waals surface area (Å²) in [4.78, 5) is 12.3. The molecule has 9 heteroatoms. The zero-order chi connectivity index (χ0) is 20.2. The van der Waals surface area contributed by atoms with Gasteiger partial charge in [0.05, 0.1) is 25.5 Å². The number of thioether (sulfide) groups is 1. The highest BCUT2D eigenvalue weighted by Gasteiger charge is 2.25. The molecule has 1 aromatic carbocycles. The van der Waals surface area contributed by atoms with Crippen LogP contribution in [0.2, 0.25) is 0 Å². The zero-order valence-corrected chi connectivity index (χ0v) is 17.6. The molecule has 0 spiro atoms. The van der Waals surface area contributed by atoms with Gasteiger partial charge in [0.1, 0.15) is 5.84 Å². The van der Waals surface area contributed by atoms with Crippen LogP contribution in [0.4, 0.5) is 0 Å². The Morgan fingerprint density at radius 2 is 2.07 bits per heavy atom. The summed E-state index contributed by atoms with van der Waals surface area (Å²) in [5, 5.41) is 7.55. The molecule has 3 N–H and O–H groups in total. The average Bonchev–Trinajstić information content (AvgIpc) is 3.07. The summed E-state index contributed by atoms with van der Waals surface area (Å²) in [5.41, 5.74) is 6.72. The summed E-state index contributed by atoms with van der Waals surface area (Å²) in [5.74, 6) is -0.643. The number of nitrogen functional groups attached to an aromatic ring is 1. The minimum absolute atomic E-state index is 0.111. The molecule has 0 saturated heterocycles. The van der Waals surface area contributed by atoms with E-state index >= 15 is 0 Å². The van der Waals surface area contributed by atoms with Crippen LogP contribution in [0.5, 0.6) is 0 Å². The molecule has 27 heavy (non-hydrogen) atoms. The summed E-state index contributed by atoms with van der Waals surface area (Å²) in [6, 6.07) is 7.82. The highest BCUT2D eigenvalue weighted by Crippen LogP contribution is 2.37. The number of carbonyl (C=O) groups excluding carboxylic acids is 1. The number of sulfone groups is 1. The minimum atomic E-state index is -3.80. The first-order valence-corrected chi connectivity index (χ1v) is 11.5. The molecule has 0 unspecified atom stereocenters. The first-order valence-electron chi connectivity index (χ1n) is 7.93. The van der Waals surface area contributed by atoms with E-state index in [4.69, 9.17) is 15.9 Å². The lowest BCUT2D eigenvalue weighted by Gasteiger charge is -2.08. The molecule has 0 bridgehead atoms. The number of ether oxygens (including phenoxy) is 1. The van der Waals surface area contributed by atoms with Crippen LogP contribution >= 0.6 is 23.1 Å². The van der Waals surface area contributed by atoms with Crippen LogP contribution in [0.3, 0.4) is 0 Å². The van der Waals surface area contributed by atoms with E-state index < -0.39 is 15.8 Å². The number of nitrogens with one attached hydrogen (secondary N) is 1. The van der Waals surface area contributed by atoms with Gasteiger partial charge in [0.15, 0.2) is 0 Å². The monoisotopic (exact) mass is 424 g/mol. The molecule has 1 heterocycles. The largest absolute Gasteiger partial charge is 0.463 e. The fraction of sp³-hybridized carbons (Fsp3) is 0.222. The second-order valence-corrected chi connectivity index (χ2v) is 9.54. The van der Waals surface area contributed by atoms with Gasteiger partial charge in [0.25, 0.3) is 0 Å². The van der Waals surface area contributed by atoms with Gasteiger partial charge in [-0.2, -0.15) is 0 Å². The Labute approximate surface area is 166 Å². The van der Waals surface area contributed by atoms with Crippen LogP contribution in [0, 0.1) is 5.41 Å². The van der Waals surface area contributed by atoms with E-state index in [2.05, 4.69) is 0 Å². The highest BCUT2D eigenvalue weighted by molar-refractivity contribution is 8.01. The van der Waals surface area contributed by atoms with Crippen molar-refractivity contribution in [1.82, 2.24) is 0 Å². The molecule has 0 aliphatic heterocycles. The van der Waals surface area contributed by atoms with Crippen molar-refractivity contribution in [3.8, 4) is 0 Å². The number of rotatable bonds is 7. The normalized spacial score (nSPS) is 12.0. The van der Waals surface area contributed by atoms with Crippen LogP contribution in [-0.4, -0.2) is 33.1 Å². The third-order valence-corrected chi connectivity index (χ3v) is 7.96. The van der Waals surface area contributed by atoms with E-state index in [0.29, 0.717) is 20.2 Å². The van der Waals surface area contributed by atoms with Crippen LogP contribution in [0.15, 0.2) is 50.4 Å². The SMILES string of the molecule is CCOC(=O)C=C(C)c1cccc(S(=O)(=O)c2cc(C(=N)N)sc2SC)c1. The summed E-state index contributed by atoms with van der Waals surface area (Å²) < 4.78 is 31.7. The van der Waals surface area contributed by atoms with Crippen molar-refractivity contribution >= 4 is 50.3 Å². The van der Waals surface area contributed by atoms with Gasteiger partial charge in [-0.25, -0.2) is 13.2 Å². The molecule has 2 aromatic rings. The van der Waals surface area contributed by atoms with E-state index in [9.17, 15) is 13.2 Å². The lowest BCUT2D eigenvalue weighted by molar-refractivity contribution is -0.137. The molecule has 0 radical (unpaired) electrons. The molecule has 0 atom stereocenters. The minimum Gasteiger partial charge on any atom is -0.463 e. The van der Waals surface area contributed by atoms with Gasteiger partial charge >= 0.3 is 5.97 Å². The molecule has 0 amide bonds. The fourth-order valence-corrected chi connectivity index (χ4v) is 6.20. The standard InChI is InChI=1S/C18H20N2O4S3/c1-4-24-16(21)8-11(2)12-6-5-7-13(9-12)27(22,23)15-10-14(17(19)20)26-18(15)25-3/h5-10H,4H2,1-3H3,(H3,19,20). The van der Waals surface area contributed by atoms with Crippen molar-refractivity contribution in [2.75, 3.05) is 12.9 Å². The Hall–Kier alpha value is -2.10. The van der Waals surface area contributed by atoms with E-state index in [-0.39, 0.29) is 22.2 Å². The zero-order valence-electron chi connectivity index (χ0n) is 15.1. The number of thiophene rings is 1. The Morgan fingerprint density at radius 1 is 1.37 bits per heavy atom. The Kier molecular flexibility index (Phi) is 6.85. The van der Waals surface area contributed by atoms with Gasteiger partial charge in [-0.15, -0.1) is 23.1 Å². The first-order chi connectivity index (χ1) is 12.7. The van der Waals surface area contributed by atoms with E-state index in [1.54, 1.807) is 32.2 Å². The Morgan fingerprint density at radius 3 is 2.67 bits per heavy atom. The fourth-order valence-electron chi connectivity index (χ4n) is 2.30. The van der Waals surface area contributed by atoms with Gasteiger partial charge < -0.3 is 10.5 Å². The van der Waals surface area contributed by atoms with Gasteiger partial charge in [-0.1, -0.05) is 12.1 Å². The lowest BCUT2D eigenvalue weighted by Crippen LogP contribution is -2.09. The average molecular weight is 425 g/mol. The summed E-state index contributed by atoms with van der Waals surface area (Å²) in [7, 11) is -3.80. The van der Waals surface area contributed by atoms with Crippen LogP contribution < -0.4 is 5.73 Å². The molecule has 2 rings (SSSR count). The number of allylic oxidation sites excluding steroid dienone is 1. The Bertz CT molecular complexity index is 1010. The van der Waals surface area contributed by atoms with Crippen molar-refractivity contribution in [1.29, 1.82) is 5.41 Å². The highest BCUT2D eigenvalue weighted by atomic mass is 32.2. The molecule has 0 fully saturated rings. The predicted molar refractivity (Wildman–Crippen MR) is 109 cm³/mol. The number of esters is 1. The first kappa shape index (κ1) is 21.2. The number of nitrogens with two attached hydrogens (primary N) is 1. The van der Waals surface area contributed by atoms with Gasteiger partial charge in [-0.3, -0.25) is 5.41 Å². The molecular formula is C18H20N2O4S3. The molecular weight excluding hydrogens is 404 g/mol. The third-order valence-electron chi connectivity index (χ3n) is 3.63. The van der Waals surface area contributed by atoms with Crippen LogP contribution in [-0.2, 0) is 19.4 Å². The summed E-state index contributed by atoms with van der Waals surface area (Å²) in [6.45, 7) is 3.70. The summed E-state index contributed by atoms with van der Waals surface area (Å²) in [6.07, 6.45) is 3.11. The van der Waals surface area contributed by atoms with E-state index in [1.807, 2.05) is 0 Å². The molecule has 0 aliphatic rings. The van der Waals surface area contributed by atoms with Crippen molar-refractivity contribution in [3.63, 3.8) is 0 Å². The smallest absolute Gasteiger partial charge is 0.331 e. The van der Waals surface area contributed by atoms with Crippen molar-refractivity contribution < 1.29 is 17.9 Å². The molecule has 1 aromatic heterocycles. The van der Waals surface area contributed by atoms with Crippen molar-refractivity contribution in [2.24, 2.45) is 5.73 Å². The predicted octanol–water partition coefficient (Wildman–Crippen LogP) is 3.55. The van der Waals surface area contributed by atoms with Gasteiger partial charge in [0.2, 0.25) is 9.84 Å². The third kappa shape index (κ3) is 4.79. The van der Waals surface area contributed by atoms with Crippen molar-refractivity contribution in [2.45, 2.75) is 27.8 Å². The van der Waals surface area contributed by atoms with E-state index in [1.165, 1.54) is 47.4 Å². The number of carbonyl (C=O) groups is 1. The van der Waals surface area contributed by atoms with Crippen LogP contribution in [0.25, 0.3) is 5.57 Å². The molecule has 0 saturated carbocycles. The maximum atomic E-state index is 13.1. The number of benzene rings is 1. The number of hydrogen-bond acceptors (Lipinski definition) is 7. The maximum absolute atomic E-state index is 13.1. The maximum Gasteiger partial charge on any atom is 0.331 e. The summed E-state index contributed by atoms with van der Waals surface area (Å²) >= 11 is 2.47. The molecule has 0 aliphatic carbocycles.